The molecule has 0 aliphatic heterocycles. The maximum atomic E-state index is 13.9. The fraction of sp³-hybridized carbons (Fsp3) is 0.571. The molecule has 0 N–H and O–H groups in total. The number of hydrogen-bond donors (Lipinski definition) is 0. The summed E-state index contributed by atoms with van der Waals surface area (Å²) in [6.45, 7) is 16.2. The zero-order valence-corrected chi connectivity index (χ0v) is 26.5. The number of benzene rings is 1. The van der Waals surface area contributed by atoms with Crippen molar-refractivity contribution in [2.24, 2.45) is 33.5 Å². The van der Waals surface area contributed by atoms with E-state index in [1.54, 1.807) is 6.08 Å². The minimum Gasteiger partial charge on any atom is -0.461 e. The second-order valence-corrected chi connectivity index (χ2v) is 13.6. The summed E-state index contributed by atoms with van der Waals surface area (Å²) in [5, 5.41) is 0. The highest BCUT2D eigenvalue weighted by molar-refractivity contribution is 5.88. The molecule has 4 saturated carbocycles. The molecule has 9 atom stereocenters. The van der Waals surface area contributed by atoms with E-state index in [-0.39, 0.29) is 12.2 Å². The van der Waals surface area contributed by atoms with Crippen LogP contribution in [0.1, 0.15) is 73.3 Å². The Kier molecular flexibility index (Phi) is 7.70. The molecule has 0 saturated heterocycles. The maximum absolute atomic E-state index is 13.9. The van der Waals surface area contributed by atoms with Crippen molar-refractivity contribution in [1.82, 2.24) is 0 Å². The highest BCUT2D eigenvalue weighted by Gasteiger charge is 2.92. The van der Waals surface area contributed by atoms with Crippen molar-refractivity contribution in [1.29, 1.82) is 0 Å². The van der Waals surface area contributed by atoms with Crippen LogP contribution >= 0.6 is 0 Å². The summed E-state index contributed by atoms with van der Waals surface area (Å²) < 4.78 is 24.5. The first kappa shape index (κ1) is 31.7. The van der Waals surface area contributed by atoms with Gasteiger partial charge in [-0.1, -0.05) is 64.6 Å². The summed E-state index contributed by atoms with van der Waals surface area (Å²) in [5.74, 6) is -3.51. The van der Waals surface area contributed by atoms with Crippen molar-refractivity contribution in [3.63, 3.8) is 0 Å². The first-order valence-corrected chi connectivity index (χ1v) is 15.2. The Hall–Kier alpha value is -3.75. The number of carbonyl (C=O) groups is 5. The molecule has 5 rings (SSSR count). The second kappa shape index (κ2) is 10.7. The molecular weight excluding hydrogens is 564 g/mol. The molecule has 0 heterocycles. The van der Waals surface area contributed by atoms with E-state index in [9.17, 15) is 24.0 Å². The zero-order valence-electron chi connectivity index (χ0n) is 26.5. The van der Waals surface area contributed by atoms with Crippen LogP contribution in [0.5, 0.6) is 0 Å². The van der Waals surface area contributed by atoms with Gasteiger partial charge in [0.2, 0.25) is 0 Å². The maximum Gasteiger partial charge on any atom is 0.331 e. The third kappa shape index (κ3) is 4.07. The minimum absolute atomic E-state index is 0.0657. The Balaban J connectivity index is 1.73. The molecule has 0 aromatic heterocycles. The van der Waals surface area contributed by atoms with E-state index < -0.39 is 81.8 Å². The minimum atomic E-state index is -1.27. The average molecular weight is 607 g/mol. The van der Waals surface area contributed by atoms with Crippen LogP contribution in [0.4, 0.5) is 0 Å². The van der Waals surface area contributed by atoms with Crippen LogP contribution in [0.3, 0.4) is 0 Å². The quantitative estimate of drug-likeness (QED) is 0.190. The van der Waals surface area contributed by atoms with Gasteiger partial charge in [-0.25, -0.2) is 4.79 Å². The lowest BCUT2D eigenvalue weighted by Gasteiger charge is -2.60. The molecule has 44 heavy (non-hydrogen) atoms. The molecule has 9 nitrogen and oxygen atoms in total. The Morgan fingerprint density at radius 3 is 2.02 bits per heavy atom. The number of ether oxygens (including phenoxy) is 4. The van der Waals surface area contributed by atoms with Gasteiger partial charge < -0.3 is 18.9 Å². The van der Waals surface area contributed by atoms with E-state index >= 15 is 0 Å². The summed E-state index contributed by atoms with van der Waals surface area (Å²) >= 11 is 0. The normalized spacial score (nSPS) is 38.4. The fourth-order valence-corrected chi connectivity index (χ4v) is 10.2. The Labute approximate surface area is 258 Å². The van der Waals surface area contributed by atoms with Gasteiger partial charge >= 0.3 is 23.9 Å². The topological polar surface area (TPSA) is 122 Å². The van der Waals surface area contributed by atoms with Crippen molar-refractivity contribution in [2.75, 3.05) is 0 Å². The molecule has 4 aliphatic rings. The van der Waals surface area contributed by atoms with Crippen LogP contribution in [0.15, 0.2) is 48.6 Å². The summed E-state index contributed by atoms with van der Waals surface area (Å²) in [7, 11) is 0. The molecule has 1 unspecified atom stereocenters. The first-order valence-electron chi connectivity index (χ1n) is 15.2. The molecule has 0 amide bonds. The van der Waals surface area contributed by atoms with Gasteiger partial charge in [0, 0.05) is 55.9 Å². The van der Waals surface area contributed by atoms with Crippen LogP contribution in [-0.2, 0) is 42.9 Å². The van der Waals surface area contributed by atoms with Crippen molar-refractivity contribution >= 4 is 35.7 Å². The van der Waals surface area contributed by atoms with Gasteiger partial charge in [0.05, 0.1) is 5.41 Å². The van der Waals surface area contributed by atoms with Gasteiger partial charge in [0.15, 0.2) is 0 Å². The van der Waals surface area contributed by atoms with Crippen molar-refractivity contribution < 1.29 is 42.9 Å². The predicted molar refractivity (Wildman–Crippen MR) is 159 cm³/mol. The zero-order chi connectivity index (χ0) is 32.4. The van der Waals surface area contributed by atoms with Gasteiger partial charge in [-0.3, -0.25) is 19.2 Å². The Bertz CT molecular complexity index is 1440. The number of Topliss-reactive ketones (excluding diaryl/α,β-unsaturated/α-hetero) is 1. The number of ketones is 1. The molecule has 4 aliphatic carbocycles. The third-order valence-electron chi connectivity index (χ3n) is 11.4. The molecule has 4 fully saturated rings. The Morgan fingerprint density at radius 1 is 0.864 bits per heavy atom. The van der Waals surface area contributed by atoms with E-state index in [1.165, 1.54) is 26.8 Å². The molecule has 2 spiro atoms. The van der Waals surface area contributed by atoms with Gasteiger partial charge in [-0.2, -0.15) is 0 Å². The highest BCUT2D eigenvalue weighted by Crippen LogP contribution is 2.86. The molecule has 1 aromatic rings. The van der Waals surface area contributed by atoms with Crippen molar-refractivity contribution in [2.45, 2.75) is 92.1 Å². The van der Waals surface area contributed by atoms with Crippen LogP contribution < -0.4 is 0 Å². The Morgan fingerprint density at radius 2 is 1.43 bits per heavy atom. The van der Waals surface area contributed by atoms with Gasteiger partial charge in [-0.15, -0.1) is 0 Å². The lowest BCUT2D eigenvalue weighted by molar-refractivity contribution is -0.194. The summed E-state index contributed by atoms with van der Waals surface area (Å²) in [5.41, 5.74) is -2.97. The number of fused-ring (bicyclic) bond motifs is 1. The first-order chi connectivity index (χ1) is 20.6. The smallest absolute Gasteiger partial charge is 0.331 e. The average Bonchev–Trinajstić information content (AvgIpc) is 3.18. The SMILES string of the molecule is C=C1[C@@H](OC(=O)/C=C\c2ccccc2)CC[C@@]2(C)[C@@H](OC(C)=O)[C@H](OC(C)=O)[C@@]34[C@H](C)C(=O)C[C@@H]([C@@H](OC(C)=O)C132)C4(C)C. The third-order valence-corrected chi connectivity index (χ3v) is 11.4. The number of esters is 4. The molecule has 236 valence electrons. The molecule has 0 radical (unpaired) electrons. The molecule has 9 heteroatoms. The summed E-state index contributed by atoms with van der Waals surface area (Å²) in [6, 6.07) is 9.34. The number of hydrogen-bond acceptors (Lipinski definition) is 9. The van der Waals surface area contributed by atoms with Crippen LogP contribution in [0.2, 0.25) is 0 Å². The predicted octanol–water partition coefficient (Wildman–Crippen LogP) is 5.01. The number of carbonyl (C=O) groups excluding carboxylic acids is 5. The summed E-state index contributed by atoms with van der Waals surface area (Å²) in [4.78, 5) is 65.4. The van der Waals surface area contributed by atoms with Crippen LogP contribution in [0, 0.1) is 33.5 Å². The van der Waals surface area contributed by atoms with E-state index in [4.69, 9.17) is 18.9 Å². The van der Waals surface area contributed by atoms with Crippen molar-refractivity contribution in [3.8, 4) is 0 Å². The fourth-order valence-electron chi connectivity index (χ4n) is 10.2. The van der Waals surface area contributed by atoms with E-state index in [0.29, 0.717) is 18.4 Å². The monoisotopic (exact) mass is 606 g/mol. The molecule has 2 bridgehead atoms. The molecule has 1 aromatic carbocycles. The molecular formula is C35H42O9. The van der Waals surface area contributed by atoms with E-state index in [0.717, 1.165) is 5.56 Å². The highest BCUT2D eigenvalue weighted by atomic mass is 16.6. The van der Waals surface area contributed by atoms with E-state index in [1.807, 2.05) is 58.0 Å². The van der Waals surface area contributed by atoms with Gasteiger partial charge in [-0.05, 0) is 35.5 Å². The summed E-state index contributed by atoms with van der Waals surface area (Å²) in [6.07, 6.45) is 0.113. The van der Waals surface area contributed by atoms with Gasteiger partial charge in [0.1, 0.15) is 30.2 Å². The standard InChI is InChI=1S/C35H42O9/c1-19-26(39)18-25-29(41-21(3)36)35-20(2)27(44-28(40)15-14-24-12-10-9-11-13-24)16-17-33(35,8)30(42-22(4)37)31(43-23(5)38)34(19,35)32(25,6)7/h9-15,19,25,27,29-31H,2,16-18H2,1,3-8H3/b15-14-/t19-,25+,27+,29-,30+,31+,33+,34-,35?/m1/s1. The van der Waals surface area contributed by atoms with E-state index in [2.05, 4.69) is 6.58 Å². The van der Waals surface area contributed by atoms with Crippen LogP contribution in [0.25, 0.3) is 6.08 Å². The van der Waals surface area contributed by atoms with Crippen molar-refractivity contribution in [3.05, 3.63) is 54.1 Å². The second-order valence-electron chi connectivity index (χ2n) is 13.6. The number of rotatable bonds is 6. The lowest BCUT2D eigenvalue weighted by Crippen LogP contribution is -2.63. The lowest BCUT2D eigenvalue weighted by atomic mass is 9.42. The van der Waals surface area contributed by atoms with Gasteiger partial charge in [0.25, 0.3) is 0 Å². The van der Waals surface area contributed by atoms with Crippen LogP contribution in [-0.4, -0.2) is 54.1 Å². The largest absolute Gasteiger partial charge is 0.461 e.